The summed E-state index contributed by atoms with van der Waals surface area (Å²) < 4.78 is 6.59. The first kappa shape index (κ1) is 28.9. The molecule has 0 unspecified atom stereocenters. The van der Waals surface area contributed by atoms with Crippen LogP contribution in [0.1, 0.15) is 137 Å². The van der Waals surface area contributed by atoms with Crippen LogP contribution in [0.3, 0.4) is 0 Å². The molecular formula is C39H48O3. The molecule has 0 saturated heterocycles. The highest BCUT2D eigenvalue weighted by atomic mass is 16.3. The van der Waals surface area contributed by atoms with E-state index in [0.717, 1.165) is 77.5 Å². The van der Waals surface area contributed by atoms with Gasteiger partial charge >= 0.3 is 0 Å². The molecule has 0 atom stereocenters. The van der Waals surface area contributed by atoms with E-state index in [1.54, 1.807) is 0 Å². The van der Waals surface area contributed by atoms with E-state index >= 15 is 0 Å². The number of hydrogen-bond acceptors (Lipinski definition) is 3. The first-order chi connectivity index (χ1) is 20.3. The summed E-state index contributed by atoms with van der Waals surface area (Å²) in [6.07, 6.45) is 13.4. The van der Waals surface area contributed by atoms with E-state index in [-0.39, 0.29) is 10.8 Å². The zero-order chi connectivity index (χ0) is 29.5. The van der Waals surface area contributed by atoms with E-state index in [9.17, 15) is 10.2 Å². The minimum absolute atomic E-state index is 0.0608. The molecule has 0 radical (unpaired) electrons. The molecule has 2 fully saturated rings. The van der Waals surface area contributed by atoms with Gasteiger partial charge in [0.2, 0.25) is 0 Å². The summed E-state index contributed by atoms with van der Waals surface area (Å²) in [6.45, 7) is 9.04. The summed E-state index contributed by atoms with van der Waals surface area (Å²) in [5.41, 5.74) is 6.95. The Labute approximate surface area is 252 Å². The van der Waals surface area contributed by atoms with Gasteiger partial charge in [-0.05, 0) is 72.6 Å². The van der Waals surface area contributed by atoms with E-state index in [2.05, 4.69) is 64.1 Å². The number of benzene rings is 3. The molecule has 3 heteroatoms. The number of furan rings is 1. The maximum atomic E-state index is 12.3. The lowest BCUT2D eigenvalue weighted by atomic mass is 9.68. The minimum atomic E-state index is -0.424. The standard InChI is InChI=1S/C39H48O3/c1-5-26-21-29(36(40)31(23-26)38(3)17-11-7-12-18-38)35(34-25-28-15-9-10-16-33(28)42-34)30-22-27(6-2)24-32(37(30)41)39(4)19-13-8-14-20-39/h9-10,15-16,21-25,35,40-41H,5-8,11-14,17-20H2,1-4H3. The molecule has 42 heavy (non-hydrogen) atoms. The Morgan fingerprint density at radius 3 is 1.60 bits per heavy atom. The maximum Gasteiger partial charge on any atom is 0.134 e. The molecule has 2 aliphatic carbocycles. The molecule has 4 aromatic rings. The van der Waals surface area contributed by atoms with E-state index in [0.29, 0.717) is 11.5 Å². The van der Waals surface area contributed by atoms with Crippen molar-refractivity contribution in [3.8, 4) is 11.5 Å². The smallest absolute Gasteiger partial charge is 0.134 e. The highest BCUT2D eigenvalue weighted by Gasteiger charge is 2.38. The van der Waals surface area contributed by atoms with Crippen LogP contribution in [0.5, 0.6) is 11.5 Å². The van der Waals surface area contributed by atoms with Crippen LogP contribution in [0, 0.1) is 0 Å². The van der Waals surface area contributed by atoms with Gasteiger partial charge < -0.3 is 14.6 Å². The van der Waals surface area contributed by atoms with Gasteiger partial charge in [-0.25, -0.2) is 0 Å². The Bertz CT molecular complexity index is 1450. The van der Waals surface area contributed by atoms with Gasteiger partial charge in [0.25, 0.3) is 0 Å². The minimum Gasteiger partial charge on any atom is -0.507 e. The monoisotopic (exact) mass is 564 g/mol. The Morgan fingerprint density at radius 2 is 1.14 bits per heavy atom. The molecule has 3 aromatic carbocycles. The van der Waals surface area contributed by atoms with Crippen LogP contribution in [-0.4, -0.2) is 10.2 Å². The summed E-state index contributed by atoms with van der Waals surface area (Å²) in [4.78, 5) is 0. The summed E-state index contributed by atoms with van der Waals surface area (Å²) in [7, 11) is 0. The van der Waals surface area contributed by atoms with Crippen LogP contribution in [0.2, 0.25) is 0 Å². The van der Waals surface area contributed by atoms with Crippen molar-refractivity contribution in [3.63, 3.8) is 0 Å². The van der Waals surface area contributed by atoms with Gasteiger partial charge in [0.05, 0.1) is 5.92 Å². The van der Waals surface area contributed by atoms with E-state index < -0.39 is 5.92 Å². The lowest BCUT2D eigenvalue weighted by molar-refractivity contribution is 0.305. The molecule has 0 aliphatic heterocycles. The maximum absolute atomic E-state index is 12.3. The lowest BCUT2D eigenvalue weighted by Gasteiger charge is -2.37. The van der Waals surface area contributed by atoms with Crippen molar-refractivity contribution in [3.05, 3.63) is 93.7 Å². The molecule has 2 aliphatic rings. The molecule has 1 heterocycles. The number of phenolic OH excluding ortho intramolecular Hbond substituents is 2. The van der Waals surface area contributed by atoms with Gasteiger partial charge in [-0.15, -0.1) is 0 Å². The number of para-hydroxylation sites is 1. The molecule has 0 spiro atoms. The average molecular weight is 565 g/mol. The first-order valence-corrected chi connectivity index (χ1v) is 16.5. The second kappa shape index (κ2) is 11.5. The Kier molecular flexibility index (Phi) is 7.89. The number of aromatic hydroxyl groups is 2. The topological polar surface area (TPSA) is 53.6 Å². The average Bonchev–Trinajstić information content (AvgIpc) is 3.43. The van der Waals surface area contributed by atoms with Gasteiger partial charge in [0, 0.05) is 27.6 Å². The van der Waals surface area contributed by atoms with Gasteiger partial charge in [-0.1, -0.05) is 109 Å². The fraction of sp³-hybridized carbons (Fsp3) is 0.487. The van der Waals surface area contributed by atoms with E-state index in [4.69, 9.17) is 4.42 Å². The van der Waals surface area contributed by atoms with Crippen LogP contribution >= 0.6 is 0 Å². The number of hydrogen-bond donors (Lipinski definition) is 2. The third-order valence-corrected chi connectivity index (χ3v) is 10.8. The molecule has 3 nitrogen and oxygen atoms in total. The van der Waals surface area contributed by atoms with E-state index in [1.807, 2.05) is 18.2 Å². The van der Waals surface area contributed by atoms with Crippen LogP contribution in [-0.2, 0) is 23.7 Å². The number of rotatable bonds is 7. The molecule has 0 bridgehead atoms. The van der Waals surface area contributed by atoms with Gasteiger partial charge in [-0.2, -0.15) is 0 Å². The number of fused-ring (bicyclic) bond motifs is 1. The van der Waals surface area contributed by atoms with Crippen LogP contribution in [0.4, 0.5) is 0 Å². The fourth-order valence-electron chi connectivity index (χ4n) is 8.03. The summed E-state index contributed by atoms with van der Waals surface area (Å²) >= 11 is 0. The van der Waals surface area contributed by atoms with Crippen molar-refractivity contribution in [1.29, 1.82) is 0 Å². The van der Waals surface area contributed by atoms with Gasteiger partial charge in [0.15, 0.2) is 0 Å². The quantitative estimate of drug-likeness (QED) is 0.235. The third kappa shape index (κ3) is 5.14. The van der Waals surface area contributed by atoms with Gasteiger partial charge in [-0.3, -0.25) is 0 Å². The highest BCUT2D eigenvalue weighted by Crippen LogP contribution is 2.52. The second-order valence-electron chi connectivity index (χ2n) is 13.7. The number of aryl methyl sites for hydroxylation is 2. The molecule has 1 aromatic heterocycles. The Morgan fingerprint density at radius 1 is 0.667 bits per heavy atom. The normalized spacial score (nSPS) is 18.5. The second-order valence-corrected chi connectivity index (χ2v) is 13.7. The predicted molar refractivity (Wildman–Crippen MR) is 173 cm³/mol. The zero-order valence-electron chi connectivity index (χ0n) is 26.1. The zero-order valence-corrected chi connectivity index (χ0v) is 26.1. The van der Waals surface area contributed by atoms with Crippen molar-refractivity contribution in [2.24, 2.45) is 0 Å². The molecule has 2 N–H and O–H groups in total. The summed E-state index contributed by atoms with van der Waals surface area (Å²) in [5, 5.41) is 25.5. The fourth-order valence-corrected chi connectivity index (χ4v) is 8.03. The highest BCUT2D eigenvalue weighted by molar-refractivity contribution is 5.78. The van der Waals surface area contributed by atoms with E-state index in [1.165, 1.54) is 49.7 Å². The van der Waals surface area contributed by atoms with Crippen molar-refractivity contribution in [2.45, 2.75) is 121 Å². The van der Waals surface area contributed by atoms with Crippen molar-refractivity contribution in [1.82, 2.24) is 0 Å². The first-order valence-electron chi connectivity index (χ1n) is 16.5. The van der Waals surface area contributed by atoms with Crippen LogP contribution in [0.25, 0.3) is 11.0 Å². The molecule has 6 rings (SSSR count). The molecule has 2 saturated carbocycles. The predicted octanol–water partition coefficient (Wildman–Crippen LogP) is 10.6. The van der Waals surface area contributed by atoms with Crippen molar-refractivity contribution < 1.29 is 14.6 Å². The largest absolute Gasteiger partial charge is 0.507 e. The Hall–Kier alpha value is -3.20. The summed E-state index contributed by atoms with van der Waals surface area (Å²) in [5.74, 6) is 1.08. The van der Waals surface area contributed by atoms with Crippen molar-refractivity contribution >= 4 is 11.0 Å². The van der Waals surface area contributed by atoms with Crippen LogP contribution in [0.15, 0.2) is 59.0 Å². The lowest BCUT2D eigenvalue weighted by Crippen LogP contribution is -2.26. The summed E-state index contributed by atoms with van der Waals surface area (Å²) in [6, 6.07) is 19.1. The van der Waals surface area contributed by atoms with Crippen molar-refractivity contribution in [2.75, 3.05) is 0 Å². The molecular weight excluding hydrogens is 516 g/mol. The number of phenols is 2. The SMILES string of the molecule is CCc1cc(C(c2cc3ccccc3o2)c2cc(CC)cc(C3(C)CCCCC3)c2O)c(O)c(C2(C)CCCCC2)c1. The molecule has 222 valence electrons. The Balaban J connectivity index is 1.63. The third-order valence-electron chi connectivity index (χ3n) is 10.8. The van der Waals surface area contributed by atoms with Gasteiger partial charge in [0.1, 0.15) is 22.8 Å². The molecule has 0 amide bonds. The van der Waals surface area contributed by atoms with Crippen LogP contribution < -0.4 is 0 Å².